The van der Waals surface area contributed by atoms with E-state index in [0.29, 0.717) is 0 Å². The van der Waals surface area contributed by atoms with Crippen LogP contribution in [0.25, 0.3) is 0 Å². The number of carbonyl (C=O) groups is 1. The summed E-state index contributed by atoms with van der Waals surface area (Å²) < 4.78 is 37.3. The Morgan fingerprint density at radius 2 is 1.69 bits per heavy atom. The Balaban J connectivity index is 3.23. The molecule has 0 saturated heterocycles. The number of amides is 1. The van der Waals surface area contributed by atoms with Gasteiger partial charge >= 0.3 is 6.18 Å². The largest absolute Gasteiger partial charge is 0.416 e. The average Bonchev–Trinajstić information content (AvgIpc) is 2.16. The van der Waals surface area contributed by atoms with E-state index in [4.69, 9.17) is 5.73 Å². The van der Waals surface area contributed by atoms with Crippen molar-refractivity contribution in [2.24, 2.45) is 5.73 Å². The lowest BCUT2D eigenvalue weighted by atomic mass is 9.83. The van der Waals surface area contributed by atoms with E-state index in [1.807, 2.05) is 0 Å². The van der Waals surface area contributed by atoms with Crippen molar-refractivity contribution in [2.75, 3.05) is 0 Å². The monoisotopic (exact) mass is 231 g/mol. The highest BCUT2D eigenvalue weighted by Crippen LogP contribution is 2.32. The van der Waals surface area contributed by atoms with Gasteiger partial charge in [-0.2, -0.15) is 13.2 Å². The van der Waals surface area contributed by atoms with Crippen LogP contribution in [0.1, 0.15) is 25.0 Å². The van der Waals surface area contributed by atoms with Crippen molar-refractivity contribution in [1.82, 2.24) is 0 Å². The molecule has 16 heavy (non-hydrogen) atoms. The number of benzene rings is 1. The summed E-state index contributed by atoms with van der Waals surface area (Å²) >= 11 is 0. The Morgan fingerprint density at radius 1 is 1.19 bits per heavy atom. The lowest BCUT2D eigenvalue weighted by Crippen LogP contribution is -2.35. The van der Waals surface area contributed by atoms with Gasteiger partial charge in [-0.25, -0.2) is 0 Å². The van der Waals surface area contributed by atoms with E-state index in [0.717, 1.165) is 12.1 Å². The molecule has 0 radical (unpaired) electrons. The Hall–Kier alpha value is -1.52. The van der Waals surface area contributed by atoms with E-state index in [2.05, 4.69) is 0 Å². The molecule has 2 N–H and O–H groups in total. The van der Waals surface area contributed by atoms with Gasteiger partial charge in [0.2, 0.25) is 5.91 Å². The van der Waals surface area contributed by atoms with Crippen molar-refractivity contribution < 1.29 is 18.0 Å². The molecule has 0 aliphatic carbocycles. The summed E-state index contributed by atoms with van der Waals surface area (Å²) in [6, 6.07) is 4.63. The highest BCUT2D eigenvalue weighted by molar-refractivity contribution is 5.85. The molecule has 0 unspecified atom stereocenters. The molecular weight excluding hydrogens is 219 g/mol. The van der Waals surface area contributed by atoms with Crippen molar-refractivity contribution in [3.05, 3.63) is 35.4 Å². The first-order chi connectivity index (χ1) is 7.15. The first-order valence-corrected chi connectivity index (χ1v) is 4.63. The van der Waals surface area contributed by atoms with E-state index >= 15 is 0 Å². The van der Waals surface area contributed by atoms with Crippen molar-refractivity contribution in [3.63, 3.8) is 0 Å². The number of nitrogens with two attached hydrogens (primary N) is 1. The molecule has 0 saturated carbocycles. The van der Waals surface area contributed by atoms with Gasteiger partial charge in [0.05, 0.1) is 11.0 Å². The van der Waals surface area contributed by atoms with Gasteiger partial charge in [0.25, 0.3) is 0 Å². The zero-order valence-corrected chi connectivity index (χ0v) is 8.93. The molecule has 0 aliphatic rings. The molecule has 0 spiro atoms. The molecule has 0 atom stereocenters. The Morgan fingerprint density at radius 3 is 2.12 bits per heavy atom. The molecule has 0 heterocycles. The van der Waals surface area contributed by atoms with E-state index in [9.17, 15) is 18.0 Å². The van der Waals surface area contributed by atoms with Crippen molar-refractivity contribution in [1.29, 1.82) is 0 Å². The molecule has 0 fully saturated rings. The van der Waals surface area contributed by atoms with E-state index in [-0.39, 0.29) is 5.56 Å². The minimum Gasteiger partial charge on any atom is -0.369 e. The van der Waals surface area contributed by atoms with Crippen molar-refractivity contribution >= 4 is 5.91 Å². The fraction of sp³-hybridized carbons (Fsp3) is 0.364. The van der Waals surface area contributed by atoms with Crippen LogP contribution in [-0.4, -0.2) is 5.91 Å². The molecule has 1 amide bonds. The van der Waals surface area contributed by atoms with Gasteiger partial charge in [-0.15, -0.1) is 0 Å². The lowest BCUT2D eigenvalue weighted by Gasteiger charge is -2.22. The van der Waals surface area contributed by atoms with E-state index < -0.39 is 23.1 Å². The third kappa shape index (κ3) is 2.35. The topological polar surface area (TPSA) is 43.1 Å². The SMILES string of the molecule is CC(C)(C(N)=O)c1cccc(C(F)(F)F)c1. The molecule has 1 aromatic carbocycles. The summed E-state index contributed by atoms with van der Waals surface area (Å²) in [5.41, 5.74) is 3.51. The molecule has 0 bridgehead atoms. The number of carbonyl (C=O) groups excluding carboxylic acids is 1. The standard InChI is InChI=1S/C11H12F3NO/c1-10(2,9(15)16)7-4-3-5-8(6-7)11(12,13)14/h3-6H,1-2H3,(H2,15,16). The molecule has 5 heteroatoms. The molecule has 0 aliphatic heterocycles. The maximum absolute atomic E-state index is 12.4. The molecule has 0 aromatic heterocycles. The summed E-state index contributed by atoms with van der Waals surface area (Å²) in [5, 5.41) is 0. The van der Waals surface area contributed by atoms with Gasteiger partial charge in [0, 0.05) is 0 Å². The van der Waals surface area contributed by atoms with Gasteiger partial charge in [-0.1, -0.05) is 18.2 Å². The minimum absolute atomic E-state index is 0.259. The van der Waals surface area contributed by atoms with Crippen LogP contribution >= 0.6 is 0 Å². The van der Waals surface area contributed by atoms with Crippen LogP contribution in [0.5, 0.6) is 0 Å². The van der Waals surface area contributed by atoms with Gasteiger partial charge in [0.1, 0.15) is 0 Å². The fourth-order valence-electron chi connectivity index (χ4n) is 1.23. The number of primary amides is 1. The highest BCUT2D eigenvalue weighted by atomic mass is 19.4. The lowest BCUT2D eigenvalue weighted by molar-refractivity contribution is -0.137. The van der Waals surface area contributed by atoms with Crippen LogP contribution < -0.4 is 5.73 Å². The smallest absolute Gasteiger partial charge is 0.369 e. The maximum Gasteiger partial charge on any atom is 0.416 e. The first kappa shape index (κ1) is 12.5. The second-order valence-electron chi connectivity index (χ2n) is 4.07. The third-order valence-corrected chi connectivity index (χ3v) is 2.53. The average molecular weight is 231 g/mol. The number of rotatable bonds is 2. The van der Waals surface area contributed by atoms with Gasteiger partial charge in [-0.05, 0) is 25.5 Å². The molecule has 1 aromatic rings. The Bertz CT molecular complexity index is 410. The summed E-state index contributed by atoms with van der Waals surface area (Å²) in [4.78, 5) is 11.1. The minimum atomic E-state index is -4.41. The predicted octanol–water partition coefficient (Wildman–Crippen LogP) is 2.47. The van der Waals surface area contributed by atoms with Crippen LogP contribution in [0.4, 0.5) is 13.2 Å². The number of alkyl halides is 3. The number of hydrogen-bond acceptors (Lipinski definition) is 1. The summed E-state index contributed by atoms with van der Waals surface area (Å²) in [5.74, 6) is -0.660. The van der Waals surface area contributed by atoms with Crippen LogP contribution in [0.15, 0.2) is 24.3 Å². The summed E-state index contributed by atoms with van der Waals surface area (Å²) in [6.45, 7) is 2.98. The van der Waals surface area contributed by atoms with Gasteiger partial charge < -0.3 is 5.73 Å². The fourth-order valence-corrected chi connectivity index (χ4v) is 1.23. The van der Waals surface area contributed by atoms with Gasteiger partial charge in [-0.3, -0.25) is 4.79 Å². The van der Waals surface area contributed by atoms with Crippen LogP contribution in [0.2, 0.25) is 0 Å². The second kappa shape index (κ2) is 3.81. The van der Waals surface area contributed by atoms with Crippen LogP contribution in [0.3, 0.4) is 0 Å². The summed E-state index contributed by atoms with van der Waals surface area (Å²) in [6.07, 6.45) is -4.41. The molecular formula is C11H12F3NO. The predicted molar refractivity (Wildman–Crippen MR) is 53.7 cm³/mol. The molecule has 88 valence electrons. The number of hydrogen-bond donors (Lipinski definition) is 1. The normalized spacial score (nSPS) is 12.6. The Labute approximate surface area is 91.3 Å². The van der Waals surface area contributed by atoms with E-state index in [1.54, 1.807) is 0 Å². The third-order valence-electron chi connectivity index (χ3n) is 2.53. The zero-order chi connectivity index (χ0) is 12.6. The van der Waals surface area contributed by atoms with E-state index in [1.165, 1.54) is 26.0 Å². The summed E-state index contributed by atoms with van der Waals surface area (Å²) in [7, 11) is 0. The Kier molecular flexibility index (Phi) is 2.99. The quantitative estimate of drug-likeness (QED) is 0.834. The van der Waals surface area contributed by atoms with Crippen molar-refractivity contribution in [2.45, 2.75) is 25.4 Å². The number of halogens is 3. The first-order valence-electron chi connectivity index (χ1n) is 4.63. The molecule has 2 nitrogen and oxygen atoms in total. The van der Waals surface area contributed by atoms with Crippen LogP contribution in [-0.2, 0) is 16.4 Å². The highest BCUT2D eigenvalue weighted by Gasteiger charge is 2.33. The van der Waals surface area contributed by atoms with Crippen LogP contribution in [0, 0.1) is 0 Å². The molecule has 1 rings (SSSR count). The van der Waals surface area contributed by atoms with Crippen molar-refractivity contribution in [3.8, 4) is 0 Å². The van der Waals surface area contributed by atoms with Gasteiger partial charge in [0.15, 0.2) is 0 Å². The zero-order valence-electron chi connectivity index (χ0n) is 8.93. The maximum atomic E-state index is 12.4. The second-order valence-corrected chi connectivity index (χ2v) is 4.07.